The average Bonchev–Trinajstić information content (AvgIpc) is 2.86. The van der Waals surface area contributed by atoms with E-state index in [-0.39, 0.29) is 6.61 Å². The molecule has 20 heavy (non-hydrogen) atoms. The lowest BCUT2D eigenvalue weighted by atomic mass is 9.84. The van der Waals surface area contributed by atoms with Gasteiger partial charge in [0, 0.05) is 0 Å². The third-order valence-electron chi connectivity index (χ3n) is 4.19. The van der Waals surface area contributed by atoms with Crippen molar-refractivity contribution in [1.29, 1.82) is 0 Å². The predicted molar refractivity (Wildman–Crippen MR) is 76.5 cm³/mol. The van der Waals surface area contributed by atoms with Crippen molar-refractivity contribution in [3.8, 4) is 0 Å². The molecular weight excluding hydrogens is 254 g/mol. The highest BCUT2D eigenvalue weighted by Gasteiger charge is 2.26. The summed E-state index contributed by atoms with van der Waals surface area (Å²) in [5, 5.41) is 8.15. The Balaban J connectivity index is 2.05. The molecule has 2 rings (SSSR count). The van der Waals surface area contributed by atoms with Crippen molar-refractivity contribution >= 4 is 5.97 Å². The predicted octanol–water partition coefficient (Wildman–Crippen LogP) is 3.07. The van der Waals surface area contributed by atoms with Crippen molar-refractivity contribution < 1.29 is 9.53 Å². The maximum Gasteiger partial charge on any atom is 0.361 e. The van der Waals surface area contributed by atoms with E-state index in [1.54, 1.807) is 6.08 Å². The lowest BCUT2D eigenvalue weighted by molar-refractivity contribution is 0.0542. The van der Waals surface area contributed by atoms with Gasteiger partial charge in [-0.1, -0.05) is 31.2 Å². The van der Waals surface area contributed by atoms with Crippen LogP contribution in [-0.4, -0.2) is 27.6 Å². The number of nitrogens with zero attached hydrogens (tertiary/aromatic N) is 3. The van der Waals surface area contributed by atoms with E-state index in [1.807, 2.05) is 11.6 Å². The minimum atomic E-state index is -0.420. The molecule has 110 valence electrons. The van der Waals surface area contributed by atoms with Crippen LogP contribution in [0.2, 0.25) is 0 Å². The van der Waals surface area contributed by atoms with Crippen LogP contribution in [0.15, 0.2) is 12.7 Å². The molecule has 1 fully saturated rings. The SMILES string of the molecule is C=CCOC(=O)c1nnn(C2CCC(CC)CC2)c1C. The van der Waals surface area contributed by atoms with Crippen molar-refractivity contribution in [3.63, 3.8) is 0 Å². The van der Waals surface area contributed by atoms with E-state index in [0.29, 0.717) is 11.7 Å². The maximum absolute atomic E-state index is 11.8. The minimum Gasteiger partial charge on any atom is -0.457 e. The van der Waals surface area contributed by atoms with Gasteiger partial charge in [-0.3, -0.25) is 0 Å². The number of ether oxygens (including phenoxy) is 1. The maximum atomic E-state index is 11.8. The smallest absolute Gasteiger partial charge is 0.361 e. The molecule has 0 saturated heterocycles. The van der Waals surface area contributed by atoms with Gasteiger partial charge in [0.15, 0.2) is 5.69 Å². The molecule has 5 heteroatoms. The molecule has 0 amide bonds. The molecule has 5 nitrogen and oxygen atoms in total. The van der Waals surface area contributed by atoms with Crippen LogP contribution >= 0.6 is 0 Å². The van der Waals surface area contributed by atoms with E-state index >= 15 is 0 Å². The molecule has 0 radical (unpaired) electrons. The minimum absolute atomic E-state index is 0.201. The first-order valence-corrected chi connectivity index (χ1v) is 7.37. The van der Waals surface area contributed by atoms with Crippen LogP contribution in [0.4, 0.5) is 0 Å². The molecule has 1 heterocycles. The normalized spacial score (nSPS) is 22.5. The molecule has 1 aromatic rings. The third kappa shape index (κ3) is 3.08. The third-order valence-corrected chi connectivity index (χ3v) is 4.19. The standard InChI is InChI=1S/C15H23N3O2/c1-4-10-20-15(19)14-11(3)18(17-16-14)13-8-6-12(5-2)7-9-13/h4,12-13H,1,5-10H2,2-3H3. The highest BCUT2D eigenvalue weighted by molar-refractivity contribution is 5.88. The second-order valence-electron chi connectivity index (χ2n) is 5.44. The molecule has 1 saturated carbocycles. The van der Waals surface area contributed by atoms with Gasteiger partial charge in [0.25, 0.3) is 0 Å². The summed E-state index contributed by atoms with van der Waals surface area (Å²) in [6.45, 7) is 7.86. The topological polar surface area (TPSA) is 57.0 Å². The van der Waals surface area contributed by atoms with E-state index in [4.69, 9.17) is 4.74 Å². The fourth-order valence-corrected chi connectivity index (χ4v) is 2.88. The Labute approximate surface area is 120 Å². The molecule has 0 bridgehead atoms. The molecule has 0 aromatic carbocycles. The summed E-state index contributed by atoms with van der Waals surface area (Å²) in [5.41, 5.74) is 1.13. The highest BCUT2D eigenvalue weighted by Crippen LogP contribution is 2.34. The van der Waals surface area contributed by atoms with Gasteiger partial charge in [-0.25, -0.2) is 9.48 Å². The number of hydrogen-bond acceptors (Lipinski definition) is 4. The van der Waals surface area contributed by atoms with Crippen LogP contribution in [0.5, 0.6) is 0 Å². The van der Waals surface area contributed by atoms with Gasteiger partial charge in [-0.15, -0.1) is 5.10 Å². The Morgan fingerprint density at radius 3 is 2.75 bits per heavy atom. The Morgan fingerprint density at radius 1 is 1.45 bits per heavy atom. The zero-order valence-corrected chi connectivity index (χ0v) is 12.3. The van der Waals surface area contributed by atoms with Crippen LogP contribution in [0.25, 0.3) is 0 Å². The molecule has 1 aliphatic rings. The van der Waals surface area contributed by atoms with Crippen molar-refractivity contribution in [2.24, 2.45) is 5.92 Å². The summed E-state index contributed by atoms with van der Waals surface area (Å²) in [4.78, 5) is 11.8. The lowest BCUT2D eigenvalue weighted by Crippen LogP contribution is -2.20. The van der Waals surface area contributed by atoms with Crippen molar-refractivity contribution in [2.75, 3.05) is 6.61 Å². The molecule has 1 aromatic heterocycles. The van der Waals surface area contributed by atoms with Crippen molar-refractivity contribution in [1.82, 2.24) is 15.0 Å². The van der Waals surface area contributed by atoms with E-state index in [9.17, 15) is 4.79 Å². The van der Waals surface area contributed by atoms with Crippen LogP contribution < -0.4 is 0 Å². The quantitative estimate of drug-likeness (QED) is 0.613. The molecule has 0 atom stereocenters. The average molecular weight is 277 g/mol. The Morgan fingerprint density at radius 2 is 2.15 bits per heavy atom. The Bertz CT molecular complexity index is 473. The first-order valence-electron chi connectivity index (χ1n) is 7.37. The van der Waals surface area contributed by atoms with Gasteiger partial charge in [-0.05, 0) is 38.5 Å². The first kappa shape index (κ1) is 14.8. The number of carbonyl (C=O) groups excluding carboxylic acids is 1. The fraction of sp³-hybridized carbons (Fsp3) is 0.667. The van der Waals surface area contributed by atoms with Crippen molar-refractivity contribution in [3.05, 3.63) is 24.0 Å². The number of rotatable bonds is 5. The van der Waals surface area contributed by atoms with Crippen LogP contribution in [-0.2, 0) is 4.74 Å². The van der Waals surface area contributed by atoms with Crippen molar-refractivity contribution in [2.45, 2.75) is 52.0 Å². The summed E-state index contributed by atoms with van der Waals surface area (Å²) in [6.07, 6.45) is 7.49. The summed E-state index contributed by atoms with van der Waals surface area (Å²) >= 11 is 0. The molecule has 0 spiro atoms. The molecule has 0 aliphatic heterocycles. The number of aromatic nitrogens is 3. The van der Waals surface area contributed by atoms with Gasteiger partial charge in [-0.2, -0.15) is 0 Å². The van der Waals surface area contributed by atoms with Gasteiger partial charge in [0.1, 0.15) is 6.61 Å². The molecule has 1 aliphatic carbocycles. The second kappa shape index (κ2) is 6.68. The Kier molecular flexibility index (Phi) is 4.93. The Hall–Kier alpha value is -1.65. The van der Waals surface area contributed by atoms with E-state index in [2.05, 4.69) is 23.8 Å². The van der Waals surface area contributed by atoms with Gasteiger partial charge >= 0.3 is 5.97 Å². The number of hydrogen-bond donors (Lipinski definition) is 0. The fourth-order valence-electron chi connectivity index (χ4n) is 2.88. The van der Waals surface area contributed by atoms with Crippen LogP contribution in [0.1, 0.15) is 61.3 Å². The summed E-state index contributed by atoms with van der Waals surface area (Å²) in [5.74, 6) is 0.419. The largest absolute Gasteiger partial charge is 0.457 e. The molecule has 0 N–H and O–H groups in total. The second-order valence-corrected chi connectivity index (χ2v) is 5.44. The van der Waals surface area contributed by atoms with E-state index in [1.165, 1.54) is 19.3 Å². The zero-order chi connectivity index (χ0) is 14.5. The summed E-state index contributed by atoms with van der Waals surface area (Å²) in [7, 11) is 0. The summed E-state index contributed by atoms with van der Waals surface area (Å²) in [6, 6.07) is 0.367. The lowest BCUT2D eigenvalue weighted by Gasteiger charge is -2.28. The first-order chi connectivity index (χ1) is 9.67. The molecule has 0 unspecified atom stereocenters. The summed E-state index contributed by atoms with van der Waals surface area (Å²) < 4.78 is 6.92. The van der Waals surface area contributed by atoms with E-state index < -0.39 is 5.97 Å². The van der Waals surface area contributed by atoms with Gasteiger partial charge < -0.3 is 4.74 Å². The molecular formula is C15H23N3O2. The van der Waals surface area contributed by atoms with Crippen LogP contribution in [0, 0.1) is 12.8 Å². The van der Waals surface area contributed by atoms with Gasteiger partial charge in [0.2, 0.25) is 0 Å². The van der Waals surface area contributed by atoms with Crippen LogP contribution in [0.3, 0.4) is 0 Å². The number of esters is 1. The van der Waals surface area contributed by atoms with E-state index in [0.717, 1.165) is 24.5 Å². The number of carbonyl (C=O) groups is 1. The monoisotopic (exact) mass is 277 g/mol. The van der Waals surface area contributed by atoms with Gasteiger partial charge in [0.05, 0.1) is 11.7 Å². The zero-order valence-electron chi connectivity index (χ0n) is 12.3. The highest BCUT2D eigenvalue weighted by atomic mass is 16.5.